The number of nitrogens with zero attached hydrogens (tertiary/aromatic N) is 2. The van der Waals surface area contributed by atoms with E-state index in [9.17, 15) is 19.5 Å². The first-order chi connectivity index (χ1) is 17.4. The Morgan fingerprint density at radius 3 is 2.53 bits per heavy atom. The molecule has 4 rings (SSSR count). The van der Waals surface area contributed by atoms with Crippen molar-refractivity contribution in [2.75, 3.05) is 25.0 Å². The average molecular weight is 499 g/mol. The minimum atomic E-state index is -0.957. The van der Waals surface area contributed by atoms with Crippen molar-refractivity contribution < 1.29 is 19.5 Å². The highest BCUT2D eigenvalue weighted by molar-refractivity contribution is 5.85. The molecule has 2 amide bonds. The van der Waals surface area contributed by atoms with E-state index in [0.29, 0.717) is 19.5 Å². The first-order valence-electron chi connectivity index (χ1n) is 13.9. The van der Waals surface area contributed by atoms with Crippen molar-refractivity contribution >= 4 is 23.6 Å². The monoisotopic (exact) mass is 498 g/mol. The Morgan fingerprint density at radius 1 is 1.08 bits per heavy atom. The van der Waals surface area contributed by atoms with Gasteiger partial charge in [-0.3, -0.25) is 9.59 Å². The lowest BCUT2D eigenvalue weighted by Gasteiger charge is -2.46. The molecule has 3 unspecified atom stereocenters. The zero-order valence-electron chi connectivity index (χ0n) is 21.6. The summed E-state index contributed by atoms with van der Waals surface area (Å²) >= 11 is 0. The van der Waals surface area contributed by atoms with E-state index in [1.165, 1.54) is 12.0 Å². The quantitative estimate of drug-likeness (QED) is 0.400. The summed E-state index contributed by atoms with van der Waals surface area (Å²) < 4.78 is 0. The van der Waals surface area contributed by atoms with Crippen LogP contribution in [0.5, 0.6) is 0 Å². The Bertz CT molecular complexity index is 922. The number of amides is 2. The fourth-order valence-electron chi connectivity index (χ4n) is 6.34. The van der Waals surface area contributed by atoms with Crippen LogP contribution >= 0.6 is 0 Å². The predicted octanol–water partition coefficient (Wildman–Crippen LogP) is 3.79. The van der Waals surface area contributed by atoms with Gasteiger partial charge in [-0.15, -0.1) is 0 Å². The molecule has 3 N–H and O–H groups in total. The minimum Gasteiger partial charge on any atom is -0.480 e. The van der Waals surface area contributed by atoms with Gasteiger partial charge in [0.1, 0.15) is 11.9 Å². The number of fused-ring (bicyclic) bond motifs is 3. The third kappa shape index (κ3) is 6.77. The summed E-state index contributed by atoms with van der Waals surface area (Å²) in [4.78, 5) is 43.4. The van der Waals surface area contributed by atoms with Gasteiger partial charge in [0.25, 0.3) is 0 Å². The van der Waals surface area contributed by atoms with Gasteiger partial charge in [0, 0.05) is 38.2 Å². The number of aryl methyl sites for hydroxylation is 2. The largest absolute Gasteiger partial charge is 0.480 e. The Balaban J connectivity index is 1.16. The second-order valence-corrected chi connectivity index (χ2v) is 10.9. The molecule has 8 nitrogen and oxygen atoms in total. The number of carbonyl (C=O) groups excluding carboxylic acids is 2. The molecule has 1 aromatic heterocycles. The first-order valence-corrected chi connectivity index (χ1v) is 13.9. The SMILES string of the molecule is CC(=O)N1CC2CCCC(C1)C2C(=O)NC(CCCCCCCc1ccc2c(n1)NCCC2)C(=O)O. The number of unbranched alkanes of at least 4 members (excludes halogenated alkanes) is 4. The Labute approximate surface area is 214 Å². The van der Waals surface area contributed by atoms with Gasteiger partial charge in [0.15, 0.2) is 0 Å². The zero-order valence-corrected chi connectivity index (χ0v) is 21.6. The lowest BCUT2D eigenvalue weighted by atomic mass is 9.68. The van der Waals surface area contributed by atoms with E-state index in [2.05, 4.69) is 22.8 Å². The molecule has 2 bridgehead atoms. The number of aliphatic carboxylic acids is 1. The van der Waals surface area contributed by atoms with Crippen molar-refractivity contribution in [3.63, 3.8) is 0 Å². The minimum absolute atomic E-state index is 0.0603. The fraction of sp³-hybridized carbons (Fsp3) is 0.714. The number of carboxylic acid groups (broad SMARTS) is 1. The molecule has 3 atom stereocenters. The highest BCUT2D eigenvalue weighted by Gasteiger charge is 2.44. The number of nitrogens with one attached hydrogen (secondary N) is 2. The smallest absolute Gasteiger partial charge is 0.326 e. The fourth-order valence-corrected chi connectivity index (χ4v) is 6.34. The summed E-state index contributed by atoms with van der Waals surface area (Å²) in [6, 6.07) is 3.50. The maximum absolute atomic E-state index is 13.1. The third-order valence-corrected chi connectivity index (χ3v) is 8.32. The van der Waals surface area contributed by atoms with Crippen LogP contribution in [0.25, 0.3) is 0 Å². The maximum atomic E-state index is 13.1. The van der Waals surface area contributed by atoms with Crippen LogP contribution in [0.2, 0.25) is 0 Å². The van der Waals surface area contributed by atoms with Gasteiger partial charge in [0.05, 0.1) is 0 Å². The topological polar surface area (TPSA) is 112 Å². The average Bonchev–Trinajstić information content (AvgIpc) is 2.86. The summed E-state index contributed by atoms with van der Waals surface area (Å²) in [7, 11) is 0. The summed E-state index contributed by atoms with van der Waals surface area (Å²) in [5.74, 6) is 0.115. The van der Waals surface area contributed by atoms with E-state index in [0.717, 1.165) is 82.3 Å². The van der Waals surface area contributed by atoms with E-state index in [-0.39, 0.29) is 29.6 Å². The summed E-state index contributed by atoms with van der Waals surface area (Å²) in [6.45, 7) is 3.80. The van der Waals surface area contributed by atoms with Crippen LogP contribution in [0.3, 0.4) is 0 Å². The third-order valence-electron chi connectivity index (χ3n) is 8.32. The van der Waals surface area contributed by atoms with Gasteiger partial charge in [-0.2, -0.15) is 0 Å². The van der Waals surface area contributed by atoms with Gasteiger partial charge in [-0.1, -0.05) is 38.2 Å². The molecule has 0 spiro atoms. The van der Waals surface area contributed by atoms with E-state index >= 15 is 0 Å². The number of carboxylic acids is 1. The number of piperidine rings is 1. The highest BCUT2D eigenvalue weighted by Crippen LogP contribution is 2.40. The number of rotatable bonds is 11. The molecule has 198 valence electrons. The van der Waals surface area contributed by atoms with Gasteiger partial charge in [0.2, 0.25) is 11.8 Å². The molecule has 2 aliphatic heterocycles. The van der Waals surface area contributed by atoms with Gasteiger partial charge in [-0.05, 0) is 68.4 Å². The maximum Gasteiger partial charge on any atom is 0.326 e. The molecule has 1 aromatic rings. The van der Waals surface area contributed by atoms with Crippen molar-refractivity contribution in [3.8, 4) is 0 Å². The molecule has 1 aliphatic carbocycles. The van der Waals surface area contributed by atoms with E-state index in [1.807, 2.05) is 4.90 Å². The standard InChI is InChI=1S/C28H42N4O4/c1-19(33)32-17-21-9-7-10-22(18-32)25(21)27(34)31-24(28(35)36)13-6-4-2-3-5-12-23-15-14-20-11-8-16-29-26(20)30-23/h14-15,21-22,24-25H,2-13,16-18H2,1H3,(H,29,30)(H,31,34)(H,35,36). The van der Waals surface area contributed by atoms with Crippen LogP contribution in [0.4, 0.5) is 5.82 Å². The molecule has 1 saturated carbocycles. The Hall–Kier alpha value is -2.64. The number of aromatic nitrogens is 1. The van der Waals surface area contributed by atoms with E-state index < -0.39 is 12.0 Å². The van der Waals surface area contributed by atoms with Crippen molar-refractivity contribution in [2.45, 2.75) is 90.0 Å². The Morgan fingerprint density at radius 2 is 1.81 bits per heavy atom. The molecular weight excluding hydrogens is 456 g/mol. The molecule has 2 fully saturated rings. The molecule has 0 radical (unpaired) electrons. The van der Waals surface area contributed by atoms with E-state index in [4.69, 9.17) is 4.98 Å². The lowest BCUT2D eigenvalue weighted by Crippen LogP contribution is -2.56. The molecule has 1 saturated heterocycles. The van der Waals surface area contributed by atoms with Crippen LogP contribution in [-0.2, 0) is 27.2 Å². The Kier molecular flexibility index (Phi) is 9.21. The zero-order chi connectivity index (χ0) is 25.5. The second-order valence-electron chi connectivity index (χ2n) is 10.9. The van der Waals surface area contributed by atoms with Crippen molar-refractivity contribution in [2.24, 2.45) is 17.8 Å². The number of hydrogen-bond donors (Lipinski definition) is 3. The molecule has 3 aliphatic rings. The molecular formula is C28H42N4O4. The van der Waals surface area contributed by atoms with Crippen molar-refractivity contribution in [1.82, 2.24) is 15.2 Å². The number of anilines is 1. The van der Waals surface area contributed by atoms with E-state index in [1.54, 1.807) is 6.92 Å². The molecule has 0 aromatic carbocycles. The van der Waals surface area contributed by atoms with Gasteiger partial charge < -0.3 is 20.6 Å². The van der Waals surface area contributed by atoms with Gasteiger partial charge in [-0.25, -0.2) is 9.78 Å². The van der Waals surface area contributed by atoms with Crippen molar-refractivity contribution in [1.29, 1.82) is 0 Å². The number of hydrogen-bond acceptors (Lipinski definition) is 5. The highest BCUT2D eigenvalue weighted by atomic mass is 16.4. The predicted molar refractivity (Wildman–Crippen MR) is 139 cm³/mol. The number of likely N-dealkylation sites (tertiary alicyclic amines) is 1. The van der Waals surface area contributed by atoms with Crippen LogP contribution in [0.1, 0.15) is 82.4 Å². The summed E-state index contributed by atoms with van der Waals surface area (Å²) in [5.41, 5.74) is 2.45. The first kappa shape index (κ1) is 26.4. The summed E-state index contributed by atoms with van der Waals surface area (Å²) in [5, 5.41) is 15.9. The number of pyridine rings is 1. The molecule has 8 heteroatoms. The lowest BCUT2D eigenvalue weighted by molar-refractivity contribution is -0.147. The summed E-state index contributed by atoms with van der Waals surface area (Å²) in [6.07, 6.45) is 11.6. The van der Waals surface area contributed by atoms with Crippen LogP contribution in [0.15, 0.2) is 12.1 Å². The van der Waals surface area contributed by atoms with Crippen molar-refractivity contribution in [3.05, 3.63) is 23.4 Å². The normalized spacial score (nSPS) is 23.8. The molecule has 3 heterocycles. The second kappa shape index (κ2) is 12.5. The number of carbonyl (C=O) groups is 3. The van der Waals surface area contributed by atoms with Crippen LogP contribution in [-0.4, -0.2) is 58.5 Å². The van der Waals surface area contributed by atoms with Gasteiger partial charge >= 0.3 is 5.97 Å². The van der Waals surface area contributed by atoms with Crippen LogP contribution < -0.4 is 10.6 Å². The molecule has 36 heavy (non-hydrogen) atoms. The van der Waals surface area contributed by atoms with Crippen LogP contribution in [0, 0.1) is 17.8 Å².